The van der Waals surface area contributed by atoms with Gasteiger partial charge in [-0.1, -0.05) is 30.3 Å². The molecular formula is C17H19O4S. The zero-order chi connectivity index (χ0) is 16.2. The van der Waals surface area contributed by atoms with Crippen molar-refractivity contribution in [3.8, 4) is 11.5 Å². The molecule has 0 unspecified atom stereocenters. The van der Waals surface area contributed by atoms with Gasteiger partial charge >= 0.3 is 0 Å². The van der Waals surface area contributed by atoms with Crippen LogP contribution in [0.3, 0.4) is 0 Å². The van der Waals surface area contributed by atoms with Crippen LogP contribution in [0.5, 0.6) is 11.5 Å². The minimum atomic E-state index is -3.64. The van der Waals surface area contributed by atoms with E-state index in [1.165, 1.54) is 18.9 Å². The molecule has 0 aliphatic carbocycles. The summed E-state index contributed by atoms with van der Waals surface area (Å²) in [6.45, 7) is 3.79. The number of ether oxygens (including phenoxy) is 2. The molecule has 0 fully saturated rings. The van der Waals surface area contributed by atoms with E-state index in [9.17, 15) is 8.42 Å². The maximum Gasteiger partial charge on any atom is 0.190 e. The van der Waals surface area contributed by atoms with Gasteiger partial charge in [0.05, 0.1) is 13.2 Å². The molecule has 0 spiro atoms. The molecule has 0 N–H and O–H groups in total. The fourth-order valence-corrected chi connectivity index (χ4v) is 3.38. The normalized spacial score (nSPS) is 11.5. The van der Waals surface area contributed by atoms with Gasteiger partial charge in [0, 0.05) is 5.56 Å². The Morgan fingerprint density at radius 3 is 2.18 bits per heavy atom. The molecule has 2 aromatic carbocycles. The van der Waals surface area contributed by atoms with Gasteiger partial charge in [0.1, 0.15) is 22.1 Å². The molecule has 0 aliphatic heterocycles. The van der Waals surface area contributed by atoms with Crippen LogP contribution in [0.4, 0.5) is 0 Å². The average Bonchev–Trinajstić information content (AvgIpc) is 2.48. The summed E-state index contributed by atoms with van der Waals surface area (Å²) in [4.78, 5) is 0.136. The van der Waals surface area contributed by atoms with Gasteiger partial charge in [0.2, 0.25) is 0 Å². The summed E-state index contributed by atoms with van der Waals surface area (Å²) in [7, 11) is -2.20. The van der Waals surface area contributed by atoms with E-state index in [4.69, 9.17) is 9.47 Å². The highest BCUT2D eigenvalue weighted by atomic mass is 32.2. The Balaban J connectivity index is 2.37. The van der Waals surface area contributed by atoms with Gasteiger partial charge in [0.25, 0.3) is 0 Å². The van der Waals surface area contributed by atoms with E-state index in [-0.39, 0.29) is 11.0 Å². The Morgan fingerprint density at radius 2 is 1.55 bits per heavy atom. The van der Waals surface area contributed by atoms with Crippen molar-refractivity contribution >= 4 is 9.84 Å². The second kappa shape index (κ2) is 6.83. The predicted octanol–water partition coefficient (Wildman–Crippen LogP) is 3.47. The van der Waals surface area contributed by atoms with Gasteiger partial charge in [-0.25, -0.2) is 8.42 Å². The number of methoxy groups -OCH3 is 1. The van der Waals surface area contributed by atoms with Crippen LogP contribution in [0.25, 0.3) is 0 Å². The van der Waals surface area contributed by atoms with E-state index >= 15 is 0 Å². The van der Waals surface area contributed by atoms with Crippen LogP contribution in [-0.2, 0) is 9.84 Å². The summed E-state index contributed by atoms with van der Waals surface area (Å²) >= 11 is 0. The van der Waals surface area contributed by atoms with Crippen LogP contribution in [0.2, 0.25) is 0 Å². The van der Waals surface area contributed by atoms with Crippen LogP contribution >= 0.6 is 0 Å². The average molecular weight is 319 g/mol. The van der Waals surface area contributed by atoms with Gasteiger partial charge in [-0.05, 0) is 32.0 Å². The maximum atomic E-state index is 12.6. The minimum absolute atomic E-state index is 0.0384. The number of para-hydroxylation sites is 2. The Morgan fingerprint density at radius 1 is 0.955 bits per heavy atom. The standard InChI is InChI=1S/C17H19O4S/c1-13(2)21-15-9-5-4-8-14(15)12-22(18,19)17-11-7-6-10-16(17)20-3/h4-13H,1-3H3. The first-order valence-electron chi connectivity index (χ1n) is 6.92. The lowest BCUT2D eigenvalue weighted by Crippen LogP contribution is -2.10. The second-order valence-corrected chi connectivity index (χ2v) is 6.78. The molecule has 0 atom stereocenters. The first-order chi connectivity index (χ1) is 10.4. The van der Waals surface area contributed by atoms with Crippen molar-refractivity contribution in [1.82, 2.24) is 0 Å². The summed E-state index contributed by atoms with van der Waals surface area (Å²) < 4.78 is 36.0. The highest BCUT2D eigenvalue weighted by Crippen LogP contribution is 2.30. The third-order valence-corrected chi connectivity index (χ3v) is 4.45. The lowest BCUT2D eigenvalue weighted by atomic mass is 10.2. The van der Waals surface area contributed by atoms with Crippen molar-refractivity contribution in [2.24, 2.45) is 0 Å². The van der Waals surface area contributed by atoms with Gasteiger partial charge in [-0.3, -0.25) is 0 Å². The number of benzene rings is 2. The van der Waals surface area contributed by atoms with Crippen molar-refractivity contribution < 1.29 is 17.9 Å². The molecule has 117 valence electrons. The topological polar surface area (TPSA) is 52.6 Å². The molecule has 0 saturated carbocycles. The van der Waals surface area contributed by atoms with Crippen molar-refractivity contribution in [3.63, 3.8) is 0 Å². The smallest absolute Gasteiger partial charge is 0.190 e. The van der Waals surface area contributed by atoms with Crippen LogP contribution in [-0.4, -0.2) is 21.6 Å². The molecule has 0 aromatic heterocycles. The van der Waals surface area contributed by atoms with Crippen LogP contribution < -0.4 is 9.47 Å². The zero-order valence-electron chi connectivity index (χ0n) is 12.8. The molecule has 22 heavy (non-hydrogen) atoms. The largest absolute Gasteiger partial charge is 0.495 e. The molecule has 2 aromatic rings. The van der Waals surface area contributed by atoms with Crippen molar-refractivity contribution in [2.75, 3.05) is 7.11 Å². The Labute approximate surface area is 131 Å². The molecular weight excluding hydrogens is 300 g/mol. The highest BCUT2D eigenvalue weighted by Gasteiger charge is 2.22. The number of hydrogen-bond acceptors (Lipinski definition) is 4. The lowest BCUT2D eigenvalue weighted by molar-refractivity contribution is 0.241. The third kappa shape index (κ3) is 3.80. The Hall–Kier alpha value is -2.01. The van der Waals surface area contributed by atoms with Gasteiger partial charge < -0.3 is 9.47 Å². The monoisotopic (exact) mass is 319 g/mol. The van der Waals surface area contributed by atoms with Crippen LogP contribution in [0.1, 0.15) is 19.4 Å². The van der Waals surface area contributed by atoms with E-state index in [0.29, 0.717) is 17.1 Å². The second-order valence-electron chi connectivity index (χ2n) is 5.02. The van der Waals surface area contributed by atoms with E-state index in [1.54, 1.807) is 36.4 Å². The fraction of sp³-hybridized carbons (Fsp3) is 0.235. The third-order valence-electron chi connectivity index (χ3n) is 2.94. The molecule has 0 saturated heterocycles. The molecule has 0 bridgehead atoms. The first-order valence-corrected chi connectivity index (χ1v) is 8.47. The Bertz CT molecular complexity index is 736. The zero-order valence-corrected chi connectivity index (χ0v) is 13.6. The van der Waals surface area contributed by atoms with E-state index < -0.39 is 9.84 Å². The molecule has 0 aliphatic rings. The SMILES string of the molecule is COc1ccccc1S(=O)(=O)[CH]c1ccccc1OC(C)C. The summed E-state index contributed by atoms with van der Waals surface area (Å²) in [5.41, 5.74) is 0.516. The minimum Gasteiger partial charge on any atom is -0.495 e. The summed E-state index contributed by atoms with van der Waals surface area (Å²) in [5.74, 6) is 2.07. The fourth-order valence-electron chi connectivity index (χ4n) is 2.02. The van der Waals surface area contributed by atoms with Gasteiger partial charge in [-0.15, -0.1) is 0 Å². The van der Waals surface area contributed by atoms with E-state index in [1.807, 2.05) is 19.9 Å². The molecule has 0 heterocycles. The maximum absolute atomic E-state index is 12.6. The van der Waals surface area contributed by atoms with E-state index in [2.05, 4.69) is 0 Å². The lowest BCUT2D eigenvalue weighted by Gasteiger charge is -2.14. The summed E-state index contributed by atoms with van der Waals surface area (Å²) in [6, 6.07) is 13.6. The number of sulfone groups is 1. The highest BCUT2D eigenvalue weighted by molar-refractivity contribution is 7.93. The molecule has 5 heteroatoms. The number of rotatable bonds is 6. The van der Waals surface area contributed by atoms with Crippen LogP contribution in [0, 0.1) is 5.75 Å². The molecule has 0 amide bonds. The molecule has 1 radical (unpaired) electrons. The van der Waals surface area contributed by atoms with Gasteiger partial charge in [0.15, 0.2) is 9.84 Å². The van der Waals surface area contributed by atoms with Gasteiger partial charge in [-0.2, -0.15) is 0 Å². The Kier molecular flexibility index (Phi) is 5.08. The van der Waals surface area contributed by atoms with Crippen molar-refractivity contribution in [2.45, 2.75) is 24.8 Å². The predicted molar refractivity (Wildman–Crippen MR) is 85.8 cm³/mol. The quantitative estimate of drug-likeness (QED) is 0.818. The molecule has 2 rings (SSSR count). The summed E-state index contributed by atoms with van der Waals surface area (Å²) in [6.07, 6.45) is -0.0384. The van der Waals surface area contributed by atoms with Crippen molar-refractivity contribution in [1.29, 1.82) is 0 Å². The van der Waals surface area contributed by atoms with Crippen molar-refractivity contribution in [3.05, 3.63) is 59.8 Å². The molecule has 4 nitrogen and oxygen atoms in total. The van der Waals surface area contributed by atoms with Crippen LogP contribution in [0.15, 0.2) is 53.4 Å². The first kappa shape index (κ1) is 16.4. The van der Waals surface area contributed by atoms with E-state index in [0.717, 1.165) is 0 Å². The summed E-state index contributed by atoms with van der Waals surface area (Å²) in [5, 5.41) is 0. The number of hydrogen-bond donors (Lipinski definition) is 0.